The Morgan fingerprint density at radius 2 is 1.78 bits per heavy atom. The normalized spacial score (nSPS) is 12.2. The zero-order chi connectivity index (χ0) is 16.8. The van der Waals surface area contributed by atoms with E-state index in [4.69, 9.17) is 0 Å². The molecule has 2 aromatic carbocycles. The zero-order valence-corrected chi connectivity index (χ0v) is 15.6. The summed E-state index contributed by atoms with van der Waals surface area (Å²) >= 11 is 3.37. The number of halogens is 1. The van der Waals surface area contributed by atoms with Crippen LogP contribution >= 0.6 is 15.9 Å². The second-order valence-electron chi connectivity index (χ2n) is 5.65. The minimum atomic E-state index is -1.23. The van der Waals surface area contributed by atoms with E-state index in [1.54, 1.807) is 6.07 Å². The van der Waals surface area contributed by atoms with Gasteiger partial charge in [-0.25, -0.2) is 0 Å². The average molecular weight is 394 g/mol. The van der Waals surface area contributed by atoms with Crippen molar-refractivity contribution in [3.63, 3.8) is 0 Å². The zero-order valence-electron chi connectivity index (χ0n) is 13.2. The first kappa shape index (κ1) is 17.9. The van der Waals surface area contributed by atoms with Crippen LogP contribution in [-0.4, -0.2) is 15.9 Å². The Labute approximate surface area is 148 Å². The van der Waals surface area contributed by atoms with Crippen LogP contribution in [0.2, 0.25) is 0 Å². The molecule has 0 saturated carbocycles. The van der Waals surface area contributed by atoms with Crippen LogP contribution in [0.25, 0.3) is 0 Å². The van der Waals surface area contributed by atoms with Crippen LogP contribution in [0.4, 0.5) is 5.69 Å². The van der Waals surface area contributed by atoms with Crippen LogP contribution in [-0.2, 0) is 21.3 Å². The Morgan fingerprint density at radius 1 is 1.13 bits per heavy atom. The van der Waals surface area contributed by atoms with E-state index in [0.717, 1.165) is 10.0 Å². The fourth-order valence-electron chi connectivity index (χ4n) is 2.13. The molecule has 122 valence electrons. The SMILES string of the molecule is CC(C)c1ccc(C[S@](=O)CC(=O)Nc2ccccc2Br)cc1. The summed E-state index contributed by atoms with van der Waals surface area (Å²) in [4.78, 5) is 12.0. The molecule has 1 N–H and O–H groups in total. The Morgan fingerprint density at radius 3 is 2.39 bits per heavy atom. The molecule has 0 saturated heterocycles. The van der Waals surface area contributed by atoms with Crippen LogP contribution in [0.5, 0.6) is 0 Å². The van der Waals surface area contributed by atoms with Gasteiger partial charge < -0.3 is 5.32 Å². The predicted molar refractivity (Wildman–Crippen MR) is 100 cm³/mol. The van der Waals surface area contributed by atoms with Crippen molar-refractivity contribution in [2.75, 3.05) is 11.1 Å². The van der Waals surface area contributed by atoms with Crippen molar-refractivity contribution >= 4 is 38.3 Å². The summed E-state index contributed by atoms with van der Waals surface area (Å²) in [6, 6.07) is 15.4. The minimum absolute atomic E-state index is 0.00668. The van der Waals surface area contributed by atoms with E-state index >= 15 is 0 Å². The molecular formula is C18H20BrNO2S. The molecule has 0 bridgehead atoms. The average Bonchev–Trinajstić information content (AvgIpc) is 2.50. The van der Waals surface area contributed by atoms with E-state index in [9.17, 15) is 9.00 Å². The highest BCUT2D eigenvalue weighted by atomic mass is 79.9. The first-order chi connectivity index (χ1) is 11.0. The Bertz CT molecular complexity index is 698. The van der Waals surface area contributed by atoms with Crippen molar-refractivity contribution in [3.05, 3.63) is 64.1 Å². The van der Waals surface area contributed by atoms with Crippen LogP contribution in [0.15, 0.2) is 53.0 Å². The summed E-state index contributed by atoms with van der Waals surface area (Å²) in [6.07, 6.45) is 0. The Balaban J connectivity index is 1.89. The highest BCUT2D eigenvalue weighted by Gasteiger charge is 2.10. The van der Waals surface area contributed by atoms with Gasteiger partial charge in [0.2, 0.25) is 5.91 Å². The molecule has 2 aromatic rings. The molecule has 1 amide bonds. The highest BCUT2D eigenvalue weighted by molar-refractivity contribution is 9.10. The van der Waals surface area contributed by atoms with Gasteiger partial charge in [-0.3, -0.25) is 9.00 Å². The second-order valence-corrected chi connectivity index (χ2v) is 7.96. The first-order valence-electron chi connectivity index (χ1n) is 7.44. The third-order valence-corrected chi connectivity index (χ3v) is 5.35. The largest absolute Gasteiger partial charge is 0.324 e. The van der Waals surface area contributed by atoms with Crippen molar-refractivity contribution in [1.82, 2.24) is 0 Å². The molecule has 0 unspecified atom stereocenters. The molecule has 0 aromatic heterocycles. The molecular weight excluding hydrogens is 374 g/mol. The van der Waals surface area contributed by atoms with Gasteiger partial charge in [-0.15, -0.1) is 0 Å². The van der Waals surface area contributed by atoms with Crippen molar-refractivity contribution < 1.29 is 9.00 Å². The van der Waals surface area contributed by atoms with Crippen LogP contribution in [0, 0.1) is 0 Å². The number of anilines is 1. The maximum absolute atomic E-state index is 12.2. The summed E-state index contributed by atoms with van der Waals surface area (Å²) in [5.74, 6) is 0.619. The summed E-state index contributed by atoms with van der Waals surface area (Å²) in [7, 11) is -1.23. The van der Waals surface area contributed by atoms with E-state index in [2.05, 4.69) is 47.2 Å². The molecule has 23 heavy (non-hydrogen) atoms. The van der Waals surface area contributed by atoms with Crippen molar-refractivity contribution in [3.8, 4) is 0 Å². The molecule has 0 aliphatic carbocycles. The van der Waals surface area contributed by atoms with E-state index in [-0.39, 0.29) is 11.7 Å². The van der Waals surface area contributed by atoms with Crippen LogP contribution in [0.1, 0.15) is 30.9 Å². The standard InChI is InChI=1S/C18H20BrNO2S/c1-13(2)15-9-7-14(8-10-15)11-23(22)12-18(21)20-17-6-4-3-5-16(17)19/h3-10,13H,11-12H2,1-2H3,(H,20,21)/t23-/m0/s1. The number of benzene rings is 2. The van der Waals surface area contributed by atoms with E-state index < -0.39 is 10.8 Å². The summed E-state index contributed by atoms with van der Waals surface area (Å²) in [5.41, 5.74) is 2.93. The number of hydrogen-bond acceptors (Lipinski definition) is 2. The molecule has 3 nitrogen and oxygen atoms in total. The maximum atomic E-state index is 12.2. The molecule has 2 rings (SSSR count). The van der Waals surface area contributed by atoms with E-state index in [1.165, 1.54) is 5.56 Å². The molecule has 5 heteroatoms. The van der Waals surface area contributed by atoms with Gasteiger partial charge in [-0.2, -0.15) is 0 Å². The summed E-state index contributed by atoms with van der Waals surface area (Å²) in [5, 5.41) is 2.77. The first-order valence-corrected chi connectivity index (χ1v) is 9.72. The lowest BCUT2D eigenvalue weighted by molar-refractivity contribution is -0.113. The number of rotatable bonds is 6. The highest BCUT2D eigenvalue weighted by Crippen LogP contribution is 2.21. The maximum Gasteiger partial charge on any atom is 0.237 e. The van der Waals surface area contributed by atoms with Crippen molar-refractivity contribution in [2.45, 2.75) is 25.5 Å². The van der Waals surface area contributed by atoms with Gasteiger partial charge in [0.25, 0.3) is 0 Å². The van der Waals surface area contributed by atoms with Gasteiger partial charge in [0.15, 0.2) is 0 Å². The fraction of sp³-hybridized carbons (Fsp3) is 0.278. The number of amides is 1. The lowest BCUT2D eigenvalue weighted by Crippen LogP contribution is -2.20. The van der Waals surface area contributed by atoms with Gasteiger partial charge in [0, 0.05) is 21.0 Å². The molecule has 0 radical (unpaired) electrons. The molecule has 1 atom stereocenters. The number of para-hydroxylation sites is 1. The number of nitrogens with one attached hydrogen (secondary N) is 1. The van der Waals surface area contributed by atoms with Gasteiger partial charge in [0.1, 0.15) is 5.75 Å². The lowest BCUT2D eigenvalue weighted by Gasteiger charge is -2.08. The lowest BCUT2D eigenvalue weighted by atomic mass is 10.0. The second kappa shape index (κ2) is 8.41. The quantitative estimate of drug-likeness (QED) is 0.787. The number of carbonyl (C=O) groups excluding carboxylic acids is 1. The van der Waals surface area contributed by atoms with Gasteiger partial charge in [-0.05, 0) is 45.1 Å². The Hall–Kier alpha value is -1.46. The smallest absolute Gasteiger partial charge is 0.237 e. The van der Waals surface area contributed by atoms with Crippen LogP contribution in [0.3, 0.4) is 0 Å². The third-order valence-electron chi connectivity index (χ3n) is 3.41. The van der Waals surface area contributed by atoms with Gasteiger partial charge in [0.05, 0.1) is 5.69 Å². The molecule has 0 fully saturated rings. The van der Waals surface area contributed by atoms with Gasteiger partial charge >= 0.3 is 0 Å². The molecule has 0 spiro atoms. The molecule has 0 aliphatic heterocycles. The van der Waals surface area contributed by atoms with Crippen molar-refractivity contribution in [2.24, 2.45) is 0 Å². The monoisotopic (exact) mass is 393 g/mol. The summed E-state index contributed by atoms with van der Waals surface area (Å²) < 4.78 is 13.0. The minimum Gasteiger partial charge on any atom is -0.324 e. The fourth-order valence-corrected chi connectivity index (χ4v) is 3.55. The topological polar surface area (TPSA) is 46.2 Å². The molecule has 0 heterocycles. The number of hydrogen-bond donors (Lipinski definition) is 1. The molecule has 0 aliphatic rings. The Kier molecular flexibility index (Phi) is 6.54. The van der Waals surface area contributed by atoms with Crippen LogP contribution < -0.4 is 5.32 Å². The third kappa shape index (κ3) is 5.59. The predicted octanol–water partition coefficient (Wildman–Crippen LogP) is 4.46. The number of carbonyl (C=O) groups is 1. The van der Waals surface area contributed by atoms with Gasteiger partial charge in [-0.1, -0.05) is 50.2 Å². The summed E-state index contributed by atoms with van der Waals surface area (Å²) in [6.45, 7) is 4.28. The van der Waals surface area contributed by atoms with E-state index in [0.29, 0.717) is 17.4 Å². The van der Waals surface area contributed by atoms with E-state index in [1.807, 2.05) is 30.3 Å². The van der Waals surface area contributed by atoms with Crippen molar-refractivity contribution in [1.29, 1.82) is 0 Å².